The molecule has 0 radical (unpaired) electrons. The Morgan fingerprint density at radius 1 is 1.00 bits per heavy atom. The molecule has 0 atom stereocenters. The maximum atomic E-state index is 4.58. The number of nitrogens with one attached hydrogen (secondary N) is 1. The zero-order valence-corrected chi connectivity index (χ0v) is 13.1. The Balaban J connectivity index is 1.56. The fourth-order valence-corrected chi connectivity index (χ4v) is 2.97. The van der Waals surface area contributed by atoms with Crippen molar-refractivity contribution < 1.29 is 0 Å². The third-order valence-electron chi connectivity index (χ3n) is 4.22. The lowest BCUT2D eigenvalue weighted by molar-refractivity contribution is 0.573. The molecule has 0 amide bonds. The van der Waals surface area contributed by atoms with E-state index >= 15 is 0 Å². The van der Waals surface area contributed by atoms with Crippen LogP contribution >= 0.6 is 0 Å². The number of aryl methyl sites for hydroxylation is 1. The standard InChI is InChI=1S/C16H19N7/c1-22-16-13(10-20-22)15(18-11-19-16)21-12-5-6-14(17-9-12)23-7-3-2-4-8-23/h5-6,9-11H,2-4,7-8H2,1H3,(H,18,19,21). The molecule has 1 N–H and O–H groups in total. The molecule has 4 rings (SSSR count). The van der Waals surface area contributed by atoms with Gasteiger partial charge >= 0.3 is 0 Å². The van der Waals surface area contributed by atoms with E-state index in [2.05, 4.69) is 36.3 Å². The quantitative estimate of drug-likeness (QED) is 0.801. The van der Waals surface area contributed by atoms with Gasteiger partial charge in [-0.2, -0.15) is 5.10 Å². The summed E-state index contributed by atoms with van der Waals surface area (Å²) in [6.07, 6.45) is 9.00. The van der Waals surface area contributed by atoms with E-state index in [4.69, 9.17) is 0 Å². The highest BCUT2D eigenvalue weighted by molar-refractivity contribution is 5.88. The highest BCUT2D eigenvalue weighted by Gasteiger charge is 2.12. The molecule has 7 heteroatoms. The van der Waals surface area contributed by atoms with Crippen molar-refractivity contribution in [1.82, 2.24) is 24.7 Å². The topological polar surface area (TPSA) is 71.8 Å². The summed E-state index contributed by atoms with van der Waals surface area (Å²) in [6.45, 7) is 2.20. The van der Waals surface area contributed by atoms with Crippen LogP contribution in [0.3, 0.4) is 0 Å². The van der Waals surface area contributed by atoms with Crippen molar-refractivity contribution in [1.29, 1.82) is 0 Å². The minimum Gasteiger partial charge on any atom is -0.357 e. The van der Waals surface area contributed by atoms with Crippen molar-refractivity contribution in [2.24, 2.45) is 7.05 Å². The maximum absolute atomic E-state index is 4.58. The van der Waals surface area contributed by atoms with Crippen molar-refractivity contribution in [2.45, 2.75) is 19.3 Å². The van der Waals surface area contributed by atoms with Crippen LogP contribution in [0.2, 0.25) is 0 Å². The van der Waals surface area contributed by atoms with Gasteiger partial charge in [-0.1, -0.05) is 0 Å². The molecule has 0 saturated carbocycles. The van der Waals surface area contributed by atoms with Crippen LogP contribution in [-0.2, 0) is 7.05 Å². The van der Waals surface area contributed by atoms with Crippen LogP contribution in [0, 0.1) is 0 Å². The summed E-state index contributed by atoms with van der Waals surface area (Å²) in [7, 11) is 1.87. The predicted molar refractivity (Wildman–Crippen MR) is 89.9 cm³/mol. The van der Waals surface area contributed by atoms with Crippen molar-refractivity contribution >= 4 is 28.4 Å². The lowest BCUT2D eigenvalue weighted by Crippen LogP contribution is -2.29. The van der Waals surface area contributed by atoms with Gasteiger partial charge in [0.25, 0.3) is 0 Å². The number of nitrogens with zero attached hydrogens (tertiary/aromatic N) is 6. The first-order valence-electron chi connectivity index (χ1n) is 7.92. The highest BCUT2D eigenvalue weighted by Crippen LogP contribution is 2.24. The van der Waals surface area contributed by atoms with Crippen LogP contribution in [0.15, 0.2) is 30.9 Å². The summed E-state index contributed by atoms with van der Waals surface area (Å²) in [6, 6.07) is 4.11. The van der Waals surface area contributed by atoms with E-state index in [9.17, 15) is 0 Å². The fourth-order valence-electron chi connectivity index (χ4n) is 2.97. The molecule has 1 fully saturated rings. The van der Waals surface area contributed by atoms with Gasteiger partial charge in [-0.3, -0.25) is 4.68 Å². The van der Waals surface area contributed by atoms with E-state index in [1.54, 1.807) is 17.2 Å². The van der Waals surface area contributed by atoms with Crippen LogP contribution in [0.25, 0.3) is 11.0 Å². The molecule has 23 heavy (non-hydrogen) atoms. The molecule has 1 aliphatic heterocycles. The van der Waals surface area contributed by atoms with E-state index in [-0.39, 0.29) is 0 Å². The van der Waals surface area contributed by atoms with E-state index in [0.717, 1.165) is 41.4 Å². The Labute approximate surface area is 134 Å². The van der Waals surface area contributed by atoms with Crippen LogP contribution in [-0.4, -0.2) is 37.8 Å². The van der Waals surface area contributed by atoms with Crippen LogP contribution in [0.1, 0.15) is 19.3 Å². The Morgan fingerprint density at radius 2 is 1.87 bits per heavy atom. The number of pyridine rings is 1. The average Bonchev–Trinajstić information content (AvgIpc) is 2.99. The van der Waals surface area contributed by atoms with Crippen molar-refractivity contribution in [3.05, 3.63) is 30.9 Å². The zero-order chi connectivity index (χ0) is 15.6. The van der Waals surface area contributed by atoms with Crippen LogP contribution < -0.4 is 10.2 Å². The minimum absolute atomic E-state index is 0.746. The molecular weight excluding hydrogens is 290 g/mol. The normalized spacial score (nSPS) is 15.1. The molecule has 7 nitrogen and oxygen atoms in total. The second kappa shape index (κ2) is 5.83. The second-order valence-electron chi connectivity index (χ2n) is 5.81. The summed E-state index contributed by atoms with van der Waals surface area (Å²) in [5, 5.41) is 8.43. The molecule has 118 valence electrons. The van der Waals surface area contributed by atoms with Gasteiger partial charge in [-0.05, 0) is 31.4 Å². The number of fused-ring (bicyclic) bond motifs is 1. The van der Waals surface area contributed by atoms with Crippen LogP contribution in [0.5, 0.6) is 0 Å². The predicted octanol–water partition coefficient (Wildman–Crippen LogP) is 2.49. The molecule has 0 aromatic carbocycles. The number of hydrogen-bond donors (Lipinski definition) is 1. The Morgan fingerprint density at radius 3 is 2.65 bits per heavy atom. The first-order chi connectivity index (χ1) is 11.3. The summed E-state index contributed by atoms with van der Waals surface area (Å²) < 4.78 is 1.74. The molecule has 4 heterocycles. The van der Waals surface area contributed by atoms with E-state index in [1.807, 2.05) is 19.3 Å². The first-order valence-corrected chi connectivity index (χ1v) is 7.92. The van der Waals surface area contributed by atoms with Crippen molar-refractivity contribution in [3.63, 3.8) is 0 Å². The Kier molecular flexibility index (Phi) is 3.53. The molecule has 0 bridgehead atoms. The molecule has 0 unspecified atom stereocenters. The lowest BCUT2D eigenvalue weighted by Gasteiger charge is -2.27. The second-order valence-corrected chi connectivity index (χ2v) is 5.81. The summed E-state index contributed by atoms with van der Waals surface area (Å²) >= 11 is 0. The van der Waals surface area contributed by atoms with Gasteiger partial charge in [0.05, 0.1) is 23.5 Å². The molecule has 3 aromatic rings. The maximum Gasteiger partial charge on any atom is 0.163 e. The van der Waals surface area contributed by atoms with Gasteiger partial charge < -0.3 is 10.2 Å². The molecule has 0 aliphatic carbocycles. The van der Waals surface area contributed by atoms with Crippen molar-refractivity contribution in [2.75, 3.05) is 23.3 Å². The summed E-state index contributed by atoms with van der Waals surface area (Å²) in [5.74, 6) is 1.79. The SMILES string of the molecule is Cn1ncc2c(Nc3ccc(N4CCCCC4)nc3)ncnc21. The molecule has 1 aliphatic rings. The van der Waals surface area contributed by atoms with Gasteiger partial charge in [-0.15, -0.1) is 0 Å². The molecule has 0 spiro atoms. The third kappa shape index (κ3) is 2.69. The van der Waals surface area contributed by atoms with Gasteiger partial charge in [0.15, 0.2) is 5.65 Å². The van der Waals surface area contributed by atoms with Crippen LogP contribution in [0.4, 0.5) is 17.3 Å². The van der Waals surface area contributed by atoms with Gasteiger partial charge in [-0.25, -0.2) is 15.0 Å². The van der Waals surface area contributed by atoms with E-state index in [1.165, 1.54) is 19.3 Å². The lowest BCUT2D eigenvalue weighted by atomic mass is 10.1. The number of rotatable bonds is 3. The number of hydrogen-bond acceptors (Lipinski definition) is 6. The summed E-state index contributed by atoms with van der Waals surface area (Å²) in [5.41, 5.74) is 1.72. The Bertz CT molecular complexity index is 803. The highest BCUT2D eigenvalue weighted by atomic mass is 15.3. The monoisotopic (exact) mass is 309 g/mol. The molecular formula is C16H19N7. The van der Waals surface area contributed by atoms with Gasteiger partial charge in [0.2, 0.25) is 0 Å². The largest absolute Gasteiger partial charge is 0.357 e. The smallest absolute Gasteiger partial charge is 0.163 e. The minimum atomic E-state index is 0.746. The fraction of sp³-hybridized carbons (Fsp3) is 0.375. The van der Waals surface area contributed by atoms with Gasteiger partial charge in [0.1, 0.15) is 18.0 Å². The summed E-state index contributed by atoms with van der Waals surface area (Å²) in [4.78, 5) is 15.5. The Hall–Kier alpha value is -2.70. The average molecular weight is 309 g/mol. The number of piperidine rings is 1. The molecule has 1 saturated heterocycles. The van der Waals surface area contributed by atoms with Crippen molar-refractivity contribution in [3.8, 4) is 0 Å². The third-order valence-corrected chi connectivity index (χ3v) is 4.22. The zero-order valence-electron chi connectivity index (χ0n) is 13.1. The number of anilines is 3. The van der Waals surface area contributed by atoms with E-state index in [0.29, 0.717) is 0 Å². The van der Waals surface area contributed by atoms with Gasteiger partial charge in [0, 0.05) is 20.1 Å². The molecule has 3 aromatic heterocycles. The van der Waals surface area contributed by atoms with E-state index < -0.39 is 0 Å². The number of aromatic nitrogens is 5. The first kappa shape index (κ1) is 13.9.